The number of allylic oxidation sites excluding steroid dienone is 1. The second-order valence-corrected chi connectivity index (χ2v) is 7.25. The highest BCUT2D eigenvalue weighted by Gasteiger charge is 2.43. The maximum atomic E-state index is 12.6. The average molecular weight is 374 g/mol. The van der Waals surface area contributed by atoms with E-state index in [9.17, 15) is 9.59 Å². The van der Waals surface area contributed by atoms with Gasteiger partial charge in [-0.15, -0.1) is 0 Å². The summed E-state index contributed by atoms with van der Waals surface area (Å²) < 4.78 is 10.9. The Morgan fingerprint density at radius 3 is 2.65 bits per heavy atom. The molecule has 6 nitrogen and oxygen atoms in total. The van der Waals surface area contributed by atoms with Crippen LogP contribution in [-0.4, -0.2) is 40.4 Å². The van der Waals surface area contributed by atoms with Crippen molar-refractivity contribution in [1.82, 2.24) is 4.90 Å². The maximum absolute atomic E-state index is 12.6. The Hall–Kier alpha value is -2.28. The second kappa shape index (κ2) is 7.53. The molecule has 1 amide bonds. The van der Waals surface area contributed by atoms with Crippen LogP contribution in [0.2, 0.25) is 0 Å². The van der Waals surface area contributed by atoms with Gasteiger partial charge in [0.15, 0.2) is 5.17 Å². The first-order valence-electron chi connectivity index (χ1n) is 8.60. The fourth-order valence-corrected chi connectivity index (χ4v) is 3.97. The van der Waals surface area contributed by atoms with Crippen molar-refractivity contribution < 1.29 is 19.1 Å². The molecule has 138 valence electrons. The van der Waals surface area contributed by atoms with Crippen LogP contribution in [0.4, 0.5) is 0 Å². The van der Waals surface area contributed by atoms with Crippen molar-refractivity contribution in [3.8, 4) is 5.75 Å². The van der Waals surface area contributed by atoms with E-state index in [2.05, 4.69) is 4.99 Å². The van der Waals surface area contributed by atoms with Crippen LogP contribution in [0.15, 0.2) is 40.5 Å². The molecule has 1 saturated heterocycles. The molecule has 1 aromatic carbocycles. The molecule has 1 aromatic rings. The lowest BCUT2D eigenvalue weighted by Gasteiger charge is -2.33. The Balaban J connectivity index is 2.03. The minimum absolute atomic E-state index is 0.0597. The van der Waals surface area contributed by atoms with Gasteiger partial charge in [-0.1, -0.05) is 23.9 Å². The molecular weight excluding hydrogens is 352 g/mol. The molecule has 0 aromatic heterocycles. The van der Waals surface area contributed by atoms with Crippen LogP contribution in [0.5, 0.6) is 5.75 Å². The zero-order valence-electron chi connectivity index (χ0n) is 15.3. The van der Waals surface area contributed by atoms with Crippen LogP contribution >= 0.6 is 11.8 Å². The molecule has 0 unspecified atom stereocenters. The van der Waals surface area contributed by atoms with E-state index in [0.29, 0.717) is 22.2 Å². The summed E-state index contributed by atoms with van der Waals surface area (Å²) in [6.45, 7) is 7.73. The van der Waals surface area contributed by atoms with Crippen molar-refractivity contribution in [3.05, 3.63) is 41.1 Å². The summed E-state index contributed by atoms with van der Waals surface area (Å²) in [6, 6.07) is 6.94. The molecule has 2 aliphatic rings. The van der Waals surface area contributed by atoms with E-state index in [1.807, 2.05) is 38.1 Å². The topological polar surface area (TPSA) is 68.2 Å². The molecule has 2 aliphatic heterocycles. The first-order chi connectivity index (χ1) is 12.4. The Morgan fingerprint density at radius 2 is 2.04 bits per heavy atom. The second-order valence-electron chi connectivity index (χ2n) is 6.30. The Labute approximate surface area is 157 Å². The number of amidine groups is 1. The van der Waals surface area contributed by atoms with Gasteiger partial charge in [-0.3, -0.25) is 9.69 Å². The predicted molar refractivity (Wildman–Crippen MR) is 101 cm³/mol. The Kier molecular flexibility index (Phi) is 5.36. The van der Waals surface area contributed by atoms with Crippen LogP contribution in [-0.2, 0) is 14.3 Å². The van der Waals surface area contributed by atoms with E-state index < -0.39 is 12.0 Å². The zero-order valence-corrected chi connectivity index (χ0v) is 16.1. The number of amides is 1. The largest absolute Gasteiger partial charge is 0.491 e. The minimum Gasteiger partial charge on any atom is -0.491 e. The first-order valence-corrected chi connectivity index (χ1v) is 9.59. The molecule has 26 heavy (non-hydrogen) atoms. The number of hydrogen-bond donors (Lipinski definition) is 0. The highest BCUT2D eigenvalue weighted by atomic mass is 32.2. The summed E-state index contributed by atoms with van der Waals surface area (Å²) >= 11 is 1.39. The molecule has 0 spiro atoms. The van der Waals surface area contributed by atoms with Gasteiger partial charge < -0.3 is 9.47 Å². The number of thioether (sulfide) groups is 1. The quantitative estimate of drug-likeness (QED) is 0.740. The standard InChI is InChI=1S/C19H22N2O4S/c1-5-24-18(23)16-12(4)20-19-21(15(22)10-26-19)17(16)13-6-8-14(9-7-13)25-11(2)3/h6-9,11,17H,5,10H2,1-4H3/t17-/m1/s1. The fourth-order valence-electron chi connectivity index (χ4n) is 3.03. The SMILES string of the molecule is CCOC(=O)C1=C(C)N=C2SCC(=O)N2[C@@H]1c1ccc(OC(C)C)cc1. The zero-order chi connectivity index (χ0) is 18.8. The lowest BCUT2D eigenvalue weighted by molar-refractivity contribution is -0.139. The number of benzene rings is 1. The third kappa shape index (κ3) is 3.49. The van der Waals surface area contributed by atoms with Crippen molar-refractivity contribution in [2.75, 3.05) is 12.4 Å². The van der Waals surface area contributed by atoms with Gasteiger partial charge >= 0.3 is 5.97 Å². The van der Waals surface area contributed by atoms with E-state index in [1.165, 1.54) is 11.8 Å². The summed E-state index contributed by atoms with van der Waals surface area (Å²) in [7, 11) is 0. The van der Waals surface area contributed by atoms with Crippen LogP contribution < -0.4 is 4.74 Å². The lowest BCUT2D eigenvalue weighted by atomic mass is 9.94. The van der Waals surface area contributed by atoms with Crippen LogP contribution in [0, 0.1) is 0 Å². The highest BCUT2D eigenvalue weighted by molar-refractivity contribution is 8.15. The van der Waals surface area contributed by atoms with Gasteiger partial charge in [-0.05, 0) is 45.4 Å². The van der Waals surface area contributed by atoms with Crippen molar-refractivity contribution in [1.29, 1.82) is 0 Å². The molecule has 0 bridgehead atoms. The molecule has 2 heterocycles. The Bertz CT molecular complexity index is 783. The molecular formula is C19H22N2O4S. The van der Waals surface area contributed by atoms with Gasteiger partial charge in [0, 0.05) is 0 Å². The highest BCUT2D eigenvalue weighted by Crippen LogP contribution is 2.41. The van der Waals surface area contributed by atoms with E-state index in [-0.39, 0.29) is 18.6 Å². The lowest BCUT2D eigenvalue weighted by Crippen LogP contribution is -2.39. The smallest absolute Gasteiger partial charge is 0.338 e. The van der Waals surface area contributed by atoms with Gasteiger partial charge in [-0.2, -0.15) is 0 Å². The number of nitrogens with zero attached hydrogens (tertiary/aromatic N) is 2. The molecule has 3 rings (SSSR count). The monoisotopic (exact) mass is 374 g/mol. The molecule has 0 N–H and O–H groups in total. The first kappa shape index (κ1) is 18.5. The van der Waals surface area contributed by atoms with Crippen LogP contribution in [0.1, 0.15) is 39.3 Å². The fraction of sp³-hybridized carbons (Fsp3) is 0.421. The molecule has 0 radical (unpaired) electrons. The summed E-state index contributed by atoms with van der Waals surface area (Å²) in [4.78, 5) is 31.1. The maximum Gasteiger partial charge on any atom is 0.338 e. The molecule has 1 atom stereocenters. The molecule has 0 aliphatic carbocycles. The third-order valence-electron chi connectivity index (χ3n) is 4.05. The van der Waals surface area contributed by atoms with Crippen molar-refractivity contribution in [2.24, 2.45) is 4.99 Å². The molecule has 7 heteroatoms. The number of esters is 1. The summed E-state index contributed by atoms with van der Waals surface area (Å²) in [5.74, 6) is 0.572. The number of rotatable bonds is 5. The van der Waals surface area contributed by atoms with Gasteiger partial charge in [0.2, 0.25) is 5.91 Å². The van der Waals surface area contributed by atoms with E-state index in [4.69, 9.17) is 9.47 Å². The number of carbonyl (C=O) groups excluding carboxylic acids is 2. The number of carbonyl (C=O) groups is 2. The van der Waals surface area contributed by atoms with Gasteiger partial charge in [0.05, 0.1) is 35.8 Å². The van der Waals surface area contributed by atoms with Crippen molar-refractivity contribution in [2.45, 2.75) is 39.8 Å². The molecule has 1 fully saturated rings. The van der Waals surface area contributed by atoms with Crippen LogP contribution in [0.25, 0.3) is 0 Å². The summed E-state index contributed by atoms with van der Waals surface area (Å²) in [5, 5.41) is 0.632. The number of fused-ring (bicyclic) bond motifs is 1. The third-order valence-corrected chi connectivity index (χ3v) is 4.98. The van der Waals surface area contributed by atoms with E-state index in [0.717, 1.165) is 11.3 Å². The van der Waals surface area contributed by atoms with Gasteiger partial charge in [-0.25, -0.2) is 9.79 Å². The Morgan fingerprint density at radius 1 is 1.35 bits per heavy atom. The van der Waals surface area contributed by atoms with Crippen LogP contribution in [0.3, 0.4) is 0 Å². The molecule has 0 saturated carbocycles. The number of hydrogen-bond acceptors (Lipinski definition) is 6. The average Bonchev–Trinajstić information content (AvgIpc) is 2.94. The summed E-state index contributed by atoms with van der Waals surface area (Å²) in [5.41, 5.74) is 1.82. The number of ether oxygens (including phenoxy) is 2. The normalized spacial score (nSPS) is 19.6. The number of aliphatic imine (C=N–C) groups is 1. The van der Waals surface area contributed by atoms with E-state index in [1.54, 1.807) is 18.7 Å². The van der Waals surface area contributed by atoms with Gasteiger partial charge in [0.1, 0.15) is 5.75 Å². The van der Waals surface area contributed by atoms with Gasteiger partial charge in [0.25, 0.3) is 0 Å². The van der Waals surface area contributed by atoms with E-state index >= 15 is 0 Å². The van der Waals surface area contributed by atoms with Crippen molar-refractivity contribution in [3.63, 3.8) is 0 Å². The minimum atomic E-state index is -0.530. The predicted octanol–water partition coefficient (Wildman–Crippen LogP) is 3.30. The summed E-state index contributed by atoms with van der Waals surface area (Å²) in [6.07, 6.45) is 0.0723. The van der Waals surface area contributed by atoms with Crippen molar-refractivity contribution >= 4 is 28.8 Å².